The summed E-state index contributed by atoms with van der Waals surface area (Å²) in [4.78, 5) is 26.1. The van der Waals surface area contributed by atoms with E-state index in [-0.39, 0.29) is 22.5 Å². The van der Waals surface area contributed by atoms with Gasteiger partial charge in [-0.1, -0.05) is 18.2 Å². The van der Waals surface area contributed by atoms with Crippen LogP contribution in [0.4, 0.5) is 0 Å². The van der Waals surface area contributed by atoms with Crippen LogP contribution in [-0.2, 0) is 10.2 Å². The summed E-state index contributed by atoms with van der Waals surface area (Å²) in [5.41, 5.74) is 0.0828. The molecule has 1 saturated heterocycles. The summed E-state index contributed by atoms with van der Waals surface area (Å²) in [7, 11) is 0. The van der Waals surface area contributed by atoms with Crippen molar-refractivity contribution in [3.63, 3.8) is 0 Å². The summed E-state index contributed by atoms with van der Waals surface area (Å²) in [6, 6.07) is 12.3. The molecule has 0 aliphatic carbocycles. The molecule has 1 aliphatic heterocycles. The van der Waals surface area contributed by atoms with Crippen molar-refractivity contribution in [1.82, 2.24) is 5.32 Å². The Bertz CT molecular complexity index is 971. The number of thiophene rings is 1. The number of nitrogens with one attached hydrogen (secondary N) is 1. The van der Waals surface area contributed by atoms with Crippen molar-refractivity contribution >= 4 is 28.2 Å². The normalized spacial score (nSPS) is 16.5. The predicted molar refractivity (Wildman–Crippen MR) is 101 cm³/mol. The second-order valence-electron chi connectivity index (χ2n) is 6.52. The minimum Gasteiger partial charge on any atom is -0.451 e. The third-order valence-corrected chi connectivity index (χ3v) is 6.06. The average molecular weight is 369 g/mol. The van der Waals surface area contributed by atoms with Gasteiger partial charge in [0.05, 0.1) is 5.39 Å². The zero-order valence-electron chi connectivity index (χ0n) is 14.2. The number of carbonyl (C=O) groups is 1. The fraction of sp³-hybridized carbons (Fsp3) is 0.300. The molecule has 0 atom stereocenters. The van der Waals surface area contributed by atoms with Gasteiger partial charge in [0.25, 0.3) is 5.91 Å². The molecule has 26 heavy (non-hydrogen) atoms. The lowest BCUT2D eigenvalue weighted by Crippen LogP contribution is -2.44. The number of carbonyl (C=O) groups excluding carboxylic acids is 1. The smallest absolute Gasteiger partial charge is 0.287 e. The molecule has 0 saturated carbocycles. The number of amides is 1. The molecule has 3 heterocycles. The van der Waals surface area contributed by atoms with Crippen LogP contribution >= 0.6 is 11.3 Å². The van der Waals surface area contributed by atoms with Gasteiger partial charge in [0.1, 0.15) is 5.58 Å². The molecule has 4 rings (SSSR count). The van der Waals surface area contributed by atoms with E-state index in [4.69, 9.17) is 9.15 Å². The van der Waals surface area contributed by atoms with Crippen LogP contribution in [0.1, 0.15) is 28.3 Å². The van der Waals surface area contributed by atoms with Gasteiger partial charge in [0.2, 0.25) is 0 Å². The summed E-state index contributed by atoms with van der Waals surface area (Å²) in [5.74, 6) is -0.322. The van der Waals surface area contributed by atoms with Crippen molar-refractivity contribution in [1.29, 1.82) is 0 Å². The number of para-hydroxylation sites is 1. The fourth-order valence-electron chi connectivity index (χ4n) is 3.41. The van der Waals surface area contributed by atoms with Crippen molar-refractivity contribution in [2.75, 3.05) is 19.8 Å². The first-order valence-electron chi connectivity index (χ1n) is 8.61. The highest BCUT2D eigenvalue weighted by molar-refractivity contribution is 7.10. The summed E-state index contributed by atoms with van der Waals surface area (Å²) in [5, 5.41) is 5.50. The second-order valence-corrected chi connectivity index (χ2v) is 7.47. The van der Waals surface area contributed by atoms with Gasteiger partial charge in [-0.3, -0.25) is 9.59 Å². The van der Waals surface area contributed by atoms with Gasteiger partial charge in [0.15, 0.2) is 11.2 Å². The largest absolute Gasteiger partial charge is 0.451 e. The van der Waals surface area contributed by atoms with E-state index < -0.39 is 0 Å². The Morgan fingerprint density at radius 1 is 1.15 bits per heavy atom. The van der Waals surface area contributed by atoms with Crippen molar-refractivity contribution in [3.05, 3.63) is 68.7 Å². The summed E-state index contributed by atoms with van der Waals surface area (Å²) < 4.78 is 11.1. The zero-order valence-corrected chi connectivity index (χ0v) is 15.0. The van der Waals surface area contributed by atoms with E-state index in [1.54, 1.807) is 35.6 Å². The van der Waals surface area contributed by atoms with Gasteiger partial charge in [0, 0.05) is 36.1 Å². The van der Waals surface area contributed by atoms with Gasteiger partial charge in [-0.25, -0.2) is 0 Å². The lowest BCUT2D eigenvalue weighted by Gasteiger charge is -2.36. The van der Waals surface area contributed by atoms with Crippen molar-refractivity contribution in [2.24, 2.45) is 0 Å². The van der Waals surface area contributed by atoms with Crippen LogP contribution in [0.5, 0.6) is 0 Å². The molecule has 0 radical (unpaired) electrons. The van der Waals surface area contributed by atoms with Crippen LogP contribution in [0.25, 0.3) is 11.0 Å². The molecule has 6 heteroatoms. The summed E-state index contributed by atoms with van der Waals surface area (Å²) in [6.07, 6.45) is 1.71. The number of rotatable bonds is 4. The third-order valence-electron chi connectivity index (χ3n) is 4.94. The predicted octanol–water partition coefficient (Wildman–Crippen LogP) is 3.33. The molecule has 1 amide bonds. The molecule has 5 nitrogen and oxygen atoms in total. The van der Waals surface area contributed by atoms with Gasteiger partial charge < -0.3 is 14.5 Å². The molecule has 134 valence electrons. The van der Waals surface area contributed by atoms with Crippen LogP contribution in [0.3, 0.4) is 0 Å². The number of benzene rings is 1. The maximum absolute atomic E-state index is 12.6. The van der Waals surface area contributed by atoms with E-state index in [1.165, 1.54) is 10.9 Å². The number of hydrogen-bond donors (Lipinski definition) is 1. The number of hydrogen-bond acceptors (Lipinski definition) is 5. The molecule has 1 fully saturated rings. The lowest BCUT2D eigenvalue weighted by atomic mass is 9.78. The monoisotopic (exact) mass is 369 g/mol. The van der Waals surface area contributed by atoms with Crippen LogP contribution < -0.4 is 10.7 Å². The van der Waals surface area contributed by atoms with E-state index in [0.29, 0.717) is 30.7 Å². The molecule has 1 aliphatic rings. The molecular formula is C20H19NO4S. The van der Waals surface area contributed by atoms with E-state index in [9.17, 15) is 9.59 Å². The number of fused-ring (bicyclic) bond motifs is 1. The van der Waals surface area contributed by atoms with Crippen molar-refractivity contribution in [3.8, 4) is 0 Å². The quantitative estimate of drug-likeness (QED) is 0.766. The van der Waals surface area contributed by atoms with Crippen LogP contribution in [0.2, 0.25) is 0 Å². The van der Waals surface area contributed by atoms with Crippen LogP contribution in [-0.4, -0.2) is 25.7 Å². The molecule has 0 unspecified atom stereocenters. The minimum atomic E-state index is -0.365. The highest BCUT2D eigenvalue weighted by Crippen LogP contribution is 2.37. The van der Waals surface area contributed by atoms with E-state index in [1.807, 2.05) is 6.07 Å². The molecule has 0 spiro atoms. The Morgan fingerprint density at radius 3 is 2.73 bits per heavy atom. The van der Waals surface area contributed by atoms with Gasteiger partial charge in [-0.15, -0.1) is 11.3 Å². The van der Waals surface area contributed by atoms with Gasteiger partial charge >= 0.3 is 0 Å². The molecule has 0 bridgehead atoms. The standard InChI is InChI=1S/C20H19NO4S/c22-15-12-17(25-16-5-2-1-4-14(15)16)19(23)21-13-20(7-9-24-10-8-20)18-6-3-11-26-18/h1-6,11-12H,7-10,13H2,(H,21,23). The second kappa shape index (κ2) is 7.05. The first kappa shape index (κ1) is 17.0. The van der Waals surface area contributed by atoms with Crippen LogP contribution in [0.15, 0.2) is 57.1 Å². The first-order chi connectivity index (χ1) is 12.7. The Labute approximate surface area is 154 Å². The molecule has 1 aromatic carbocycles. The average Bonchev–Trinajstić information content (AvgIpc) is 3.22. The van der Waals surface area contributed by atoms with E-state index >= 15 is 0 Å². The Kier molecular flexibility index (Phi) is 4.61. The maximum atomic E-state index is 12.6. The maximum Gasteiger partial charge on any atom is 0.287 e. The Hall–Kier alpha value is -2.44. The highest BCUT2D eigenvalue weighted by Gasteiger charge is 2.36. The first-order valence-corrected chi connectivity index (χ1v) is 9.49. The third kappa shape index (κ3) is 3.18. The van der Waals surface area contributed by atoms with E-state index in [0.717, 1.165) is 12.8 Å². The molecule has 3 aromatic rings. The summed E-state index contributed by atoms with van der Waals surface area (Å²) >= 11 is 1.70. The van der Waals surface area contributed by atoms with Gasteiger partial charge in [-0.2, -0.15) is 0 Å². The van der Waals surface area contributed by atoms with Crippen molar-refractivity contribution in [2.45, 2.75) is 18.3 Å². The highest BCUT2D eigenvalue weighted by atomic mass is 32.1. The zero-order chi connectivity index (χ0) is 18.0. The molecule has 1 N–H and O–H groups in total. The Morgan fingerprint density at radius 2 is 1.96 bits per heavy atom. The SMILES string of the molecule is O=C(NCC1(c2cccs2)CCOCC1)c1cc(=O)c2ccccc2o1. The fourth-order valence-corrected chi connectivity index (χ4v) is 4.39. The lowest BCUT2D eigenvalue weighted by molar-refractivity contribution is 0.0496. The topological polar surface area (TPSA) is 68.5 Å². The van der Waals surface area contributed by atoms with E-state index in [2.05, 4.69) is 16.8 Å². The Balaban J connectivity index is 1.57. The van der Waals surface area contributed by atoms with Crippen molar-refractivity contribution < 1.29 is 13.9 Å². The molecular weight excluding hydrogens is 350 g/mol. The van der Waals surface area contributed by atoms with Gasteiger partial charge in [-0.05, 0) is 36.4 Å². The summed E-state index contributed by atoms with van der Waals surface area (Å²) in [6.45, 7) is 1.85. The minimum absolute atomic E-state index is 0.0436. The van der Waals surface area contributed by atoms with Crippen LogP contribution in [0, 0.1) is 0 Å². The number of ether oxygens (including phenoxy) is 1. The molecule has 2 aromatic heterocycles.